The van der Waals surface area contributed by atoms with Gasteiger partial charge in [0.05, 0.1) is 16.9 Å². The molecule has 4 heteroatoms. The third-order valence-electron chi connectivity index (χ3n) is 4.66. The number of carboxylic acids is 1. The summed E-state index contributed by atoms with van der Waals surface area (Å²) in [7, 11) is 0. The van der Waals surface area contributed by atoms with Gasteiger partial charge in [0.15, 0.2) is 0 Å². The van der Waals surface area contributed by atoms with E-state index in [-0.39, 0.29) is 0 Å². The van der Waals surface area contributed by atoms with Crippen molar-refractivity contribution in [1.82, 2.24) is 0 Å². The zero-order valence-corrected chi connectivity index (χ0v) is 14.0. The van der Waals surface area contributed by atoms with Gasteiger partial charge >= 0.3 is 5.97 Å². The molecule has 1 N–H and O–H groups in total. The Hall–Kier alpha value is -2.46. The molecule has 0 radical (unpaired) electrons. The lowest BCUT2D eigenvalue weighted by atomic mass is 9.79. The second kappa shape index (κ2) is 5.56. The molecule has 1 aliphatic carbocycles. The van der Waals surface area contributed by atoms with E-state index in [0.29, 0.717) is 0 Å². The van der Waals surface area contributed by atoms with E-state index in [9.17, 15) is 9.90 Å². The Balaban J connectivity index is 1.96. The monoisotopic (exact) mass is 335 g/mol. The lowest BCUT2D eigenvalue weighted by molar-refractivity contribution is -0.141. The average Bonchev–Trinajstić information content (AvgIpc) is 2.59. The minimum Gasteiger partial charge on any atom is -0.481 e. The van der Waals surface area contributed by atoms with Gasteiger partial charge in [0.1, 0.15) is 5.92 Å². The van der Waals surface area contributed by atoms with E-state index in [1.165, 1.54) is 0 Å². The molecule has 3 nitrogen and oxygen atoms in total. The summed E-state index contributed by atoms with van der Waals surface area (Å²) in [5.41, 5.74) is 1.43. The summed E-state index contributed by atoms with van der Waals surface area (Å²) in [6.07, 6.45) is 7.52. The molecule has 0 saturated carbocycles. The Labute approximate surface area is 145 Å². The second-order valence-corrected chi connectivity index (χ2v) is 7.24. The molecular weight excluding hydrogens is 318 g/mol. The summed E-state index contributed by atoms with van der Waals surface area (Å²) in [6, 6.07) is 16.3. The summed E-state index contributed by atoms with van der Waals surface area (Å²) in [6.45, 7) is 2.00. The number of nitrogens with zero attached hydrogens (tertiary/aromatic N) is 1. The van der Waals surface area contributed by atoms with Crippen molar-refractivity contribution in [2.24, 2.45) is 5.92 Å². The maximum Gasteiger partial charge on any atom is 0.313 e. The van der Waals surface area contributed by atoms with Crippen molar-refractivity contribution < 1.29 is 9.90 Å². The van der Waals surface area contributed by atoms with Crippen LogP contribution in [0.15, 0.2) is 82.6 Å². The number of allylic oxidation sites excluding steroid dienone is 2. The van der Waals surface area contributed by atoms with Crippen molar-refractivity contribution in [2.75, 3.05) is 4.90 Å². The van der Waals surface area contributed by atoms with Gasteiger partial charge in [-0.25, -0.2) is 0 Å². The van der Waals surface area contributed by atoms with Crippen LogP contribution in [0, 0.1) is 5.92 Å². The van der Waals surface area contributed by atoms with Crippen LogP contribution in [-0.4, -0.2) is 16.6 Å². The first-order chi connectivity index (χ1) is 11.6. The normalized spacial score (nSPS) is 24.4. The van der Waals surface area contributed by atoms with Gasteiger partial charge in [-0.05, 0) is 31.2 Å². The van der Waals surface area contributed by atoms with Crippen LogP contribution in [-0.2, 0) is 4.79 Å². The first kappa shape index (κ1) is 15.1. The number of rotatable bonds is 2. The van der Waals surface area contributed by atoms with Crippen LogP contribution >= 0.6 is 11.8 Å². The van der Waals surface area contributed by atoms with Crippen molar-refractivity contribution in [1.29, 1.82) is 0 Å². The number of carboxylic acid groups (broad SMARTS) is 1. The topological polar surface area (TPSA) is 40.5 Å². The van der Waals surface area contributed by atoms with Gasteiger partial charge in [-0.2, -0.15) is 0 Å². The molecule has 0 bridgehead atoms. The van der Waals surface area contributed by atoms with Gasteiger partial charge in [0.2, 0.25) is 0 Å². The zero-order chi connectivity index (χ0) is 16.7. The standard InChI is InChI=1S/C20H17NO2S/c1-20(13-7-6-8-14(20)19(22)23)21-15-9-2-4-11-17(15)24-18-12-5-3-10-16(18)21/h2-14H,1H3,(H,22,23). The van der Waals surface area contributed by atoms with E-state index in [1.54, 1.807) is 17.8 Å². The molecule has 0 aromatic heterocycles. The fourth-order valence-corrected chi connectivity index (χ4v) is 4.55. The highest BCUT2D eigenvalue weighted by atomic mass is 32.2. The highest BCUT2D eigenvalue weighted by Crippen LogP contribution is 2.52. The second-order valence-electron chi connectivity index (χ2n) is 6.16. The first-order valence-corrected chi connectivity index (χ1v) is 8.68. The van der Waals surface area contributed by atoms with Crippen molar-refractivity contribution >= 4 is 29.1 Å². The predicted molar refractivity (Wildman–Crippen MR) is 97.0 cm³/mol. The minimum atomic E-state index is -0.814. The molecule has 1 heterocycles. The first-order valence-electron chi connectivity index (χ1n) is 7.86. The van der Waals surface area contributed by atoms with E-state index in [0.717, 1.165) is 21.2 Å². The number of para-hydroxylation sites is 2. The molecule has 2 aromatic carbocycles. The molecule has 0 fully saturated rings. The molecule has 2 aliphatic rings. The molecular formula is C20H17NO2S. The average molecular weight is 335 g/mol. The Morgan fingerprint density at radius 1 is 1.04 bits per heavy atom. The molecule has 2 atom stereocenters. The number of hydrogen-bond acceptors (Lipinski definition) is 3. The van der Waals surface area contributed by atoms with Crippen molar-refractivity contribution in [3.63, 3.8) is 0 Å². The van der Waals surface area contributed by atoms with Crippen LogP contribution in [0.2, 0.25) is 0 Å². The Morgan fingerprint density at radius 2 is 1.62 bits per heavy atom. The number of hydrogen-bond donors (Lipinski definition) is 1. The van der Waals surface area contributed by atoms with E-state index >= 15 is 0 Å². The summed E-state index contributed by atoms with van der Waals surface area (Å²) in [4.78, 5) is 16.4. The summed E-state index contributed by atoms with van der Waals surface area (Å²) >= 11 is 1.73. The van der Waals surface area contributed by atoms with Crippen LogP contribution in [0.5, 0.6) is 0 Å². The Morgan fingerprint density at radius 3 is 2.21 bits per heavy atom. The van der Waals surface area contributed by atoms with Crippen LogP contribution in [0.4, 0.5) is 11.4 Å². The molecule has 4 rings (SSSR count). The summed E-state index contributed by atoms with van der Waals surface area (Å²) in [5.74, 6) is -1.43. The highest BCUT2D eigenvalue weighted by Gasteiger charge is 2.45. The lowest BCUT2D eigenvalue weighted by Crippen LogP contribution is -2.51. The quantitative estimate of drug-likeness (QED) is 0.849. The summed E-state index contributed by atoms with van der Waals surface area (Å²) < 4.78 is 0. The molecule has 1 aliphatic heterocycles. The molecule has 120 valence electrons. The molecule has 0 spiro atoms. The molecule has 0 saturated heterocycles. The van der Waals surface area contributed by atoms with Gasteiger partial charge in [-0.3, -0.25) is 4.79 Å². The van der Waals surface area contributed by atoms with E-state index in [2.05, 4.69) is 29.2 Å². The fourth-order valence-electron chi connectivity index (χ4n) is 3.49. The van der Waals surface area contributed by atoms with Crippen LogP contribution < -0.4 is 4.90 Å². The van der Waals surface area contributed by atoms with Crippen LogP contribution in [0.1, 0.15) is 6.92 Å². The van der Waals surface area contributed by atoms with Crippen molar-refractivity contribution in [3.8, 4) is 0 Å². The fraction of sp³-hybridized carbons (Fsp3) is 0.150. The lowest BCUT2D eigenvalue weighted by Gasteiger charge is -2.47. The van der Waals surface area contributed by atoms with Gasteiger partial charge in [0, 0.05) is 9.79 Å². The molecule has 2 unspecified atom stereocenters. The van der Waals surface area contributed by atoms with Gasteiger partial charge in [0.25, 0.3) is 0 Å². The Bertz CT molecular complexity index is 828. The van der Waals surface area contributed by atoms with Crippen LogP contribution in [0.25, 0.3) is 0 Å². The van der Waals surface area contributed by atoms with Gasteiger partial charge in [-0.15, -0.1) is 0 Å². The smallest absolute Gasteiger partial charge is 0.313 e. The minimum absolute atomic E-state index is 0.619. The molecule has 24 heavy (non-hydrogen) atoms. The number of aliphatic carboxylic acids is 1. The number of fused-ring (bicyclic) bond motifs is 2. The predicted octanol–water partition coefficient (Wildman–Crippen LogP) is 4.87. The maximum absolute atomic E-state index is 11.9. The number of benzene rings is 2. The molecule has 0 amide bonds. The van der Waals surface area contributed by atoms with Gasteiger partial charge < -0.3 is 10.0 Å². The van der Waals surface area contributed by atoms with Crippen molar-refractivity contribution in [3.05, 3.63) is 72.8 Å². The summed E-state index contributed by atoms with van der Waals surface area (Å²) in [5, 5.41) is 9.78. The maximum atomic E-state index is 11.9. The Kier molecular flexibility index (Phi) is 3.50. The van der Waals surface area contributed by atoms with E-state index in [1.807, 2.05) is 49.4 Å². The third kappa shape index (κ3) is 2.18. The largest absolute Gasteiger partial charge is 0.481 e. The number of carbonyl (C=O) groups is 1. The SMILES string of the molecule is CC1(N2c3ccccc3Sc3ccccc32)C=CC=CC1C(=O)O. The number of anilines is 2. The zero-order valence-electron chi connectivity index (χ0n) is 13.2. The van der Waals surface area contributed by atoms with Crippen molar-refractivity contribution in [2.45, 2.75) is 22.3 Å². The molecule has 2 aromatic rings. The highest BCUT2D eigenvalue weighted by molar-refractivity contribution is 7.99. The van der Waals surface area contributed by atoms with Gasteiger partial charge in [-0.1, -0.05) is 60.3 Å². The van der Waals surface area contributed by atoms with E-state index < -0.39 is 17.4 Å². The van der Waals surface area contributed by atoms with E-state index in [4.69, 9.17) is 0 Å². The van der Waals surface area contributed by atoms with Crippen LogP contribution in [0.3, 0.4) is 0 Å². The third-order valence-corrected chi connectivity index (χ3v) is 5.79.